The van der Waals surface area contributed by atoms with Crippen molar-refractivity contribution in [1.82, 2.24) is 15.2 Å². The van der Waals surface area contributed by atoms with Crippen molar-refractivity contribution < 1.29 is 17.9 Å². The zero-order chi connectivity index (χ0) is 22.4. The van der Waals surface area contributed by atoms with Crippen LogP contribution in [0.15, 0.2) is 41.7 Å². The van der Waals surface area contributed by atoms with Gasteiger partial charge in [-0.3, -0.25) is 10.1 Å². The average molecular weight is 433 g/mol. The van der Waals surface area contributed by atoms with Crippen LogP contribution in [-0.2, 0) is 4.74 Å². The van der Waals surface area contributed by atoms with Gasteiger partial charge in [0, 0.05) is 30.6 Å². The van der Waals surface area contributed by atoms with Crippen molar-refractivity contribution in [3.63, 3.8) is 0 Å². The van der Waals surface area contributed by atoms with Gasteiger partial charge in [-0.2, -0.15) is 18.3 Å². The van der Waals surface area contributed by atoms with Gasteiger partial charge < -0.3 is 20.4 Å². The summed E-state index contributed by atoms with van der Waals surface area (Å²) >= 11 is 0. The number of anilines is 3. The molecule has 3 heterocycles. The summed E-state index contributed by atoms with van der Waals surface area (Å²) < 4.78 is 46.1. The lowest BCUT2D eigenvalue weighted by Crippen LogP contribution is -2.44. The second kappa shape index (κ2) is 9.56. The van der Waals surface area contributed by atoms with Crippen molar-refractivity contribution >= 4 is 36.0 Å². The van der Waals surface area contributed by atoms with Gasteiger partial charge in [0.15, 0.2) is 0 Å². The largest absolute Gasteiger partial charge is 0.433 e. The molecule has 2 aromatic rings. The summed E-state index contributed by atoms with van der Waals surface area (Å²) in [6.07, 6.45) is 0.817. The van der Waals surface area contributed by atoms with Gasteiger partial charge in [-0.25, -0.2) is 4.98 Å². The Morgan fingerprint density at radius 1 is 1.48 bits per heavy atom. The van der Waals surface area contributed by atoms with E-state index in [1.807, 2.05) is 11.8 Å². The highest BCUT2D eigenvalue weighted by Crippen LogP contribution is 2.32. The molecule has 1 fully saturated rings. The second-order valence-corrected chi connectivity index (χ2v) is 6.73. The Kier molecular flexibility index (Phi) is 6.85. The molecule has 1 aliphatic rings. The molecule has 0 radical (unpaired) electrons. The Morgan fingerprint density at radius 2 is 2.29 bits per heavy atom. The zero-order valence-electron chi connectivity index (χ0n) is 16.8. The molecule has 3 rings (SSSR count). The van der Waals surface area contributed by atoms with Crippen LogP contribution in [0.3, 0.4) is 0 Å². The maximum Gasteiger partial charge on any atom is 0.433 e. The van der Waals surface area contributed by atoms with Crippen LogP contribution in [-0.4, -0.2) is 59.6 Å². The van der Waals surface area contributed by atoms with Crippen LogP contribution in [0, 0.1) is 5.41 Å². The van der Waals surface area contributed by atoms with E-state index < -0.39 is 11.9 Å². The van der Waals surface area contributed by atoms with Gasteiger partial charge in [-0.15, -0.1) is 0 Å². The van der Waals surface area contributed by atoms with Crippen LogP contribution in [0.5, 0.6) is 0 Å². The first-order chi connectivity index (χ1) is 14.8. The van der Waals surface area contributed by atoms with E-state index in [0.29, 0.717) is 31.4 Å². The summed E-state index contributed by atoms with van der Waals surface area (Å²) in [7, 11) is 0. The van der Waals surface area contributed by atoms with E-state index in [1.54, 1.807) is 6.07 Å². The standard InChI is InChI=1S/C20H22F3N7O/c1-3-5-25-16(20(21,22)23)9-14-10-18(30-7-8-31-12-13(30)2)28-19(15(14)11-24)27-17-4-6-26-29-17/h3-6,9-11,13,24H,1,7-8,12H2,2H3,(H2,26,27,28,29)/b16-9+,24-11?,25-5?/t13-/m1/s1. The SMILES string of the molecule is C=CC=N/C(=C/c1cc(N2CCOC[C@H]2C)nc(Nc2ccn[nH]2)c1C=N)C(F)(F)F. The number of aromatic nitrogens is 3. The van der Waals surface area contributed by atoms with E-state index in [1.165, 1.54) is 12.3 Å². The molecule has 0 spiro atoms. The highest BCUT2D eigenvalue weighted by atomic mass is 19.4. The lowest BCUT2D eigenvalue weighted by atomic mass is 10.1. The molecule has 1 saturated heterocycles. The molecule has 31 heavy (non-hydrogen) atoms. The van der Waals surface area contributed by atoms with Crippen molar-refractivity contribution in [3.8, 4) is 0 Å². The molecule has 164 valence electrons. The number of nitrogens with one attached hydrogen (secondary N) is 3. The summed E-state index contributed by atoms with van der Waals surface area (Å²) in [5, 5.41) is 17.4. The van der Waals surface area contributed by atoms with Gasteiger partial charge in [0.1, 0.15) is 23.2 Å². The minimum atomic E-state index is -4.69. The fourth-order valence-electron chi connectivity index (χ4n) is 3.07. The lowest BCUT2D eigenvalue weighted by Gasteiger charge is -2.34. The summed E-state index contributed by atoms with van der Waals surface area (Å²) in [5.74, 6) is 1.17. The van der Waals surface area contributed by atoms with E-state index >= 15 is 0 Å². The molecule has 1 aliphatic heterocycles. The number of allylic oxidation sites excluding steroid dienone is 2. The Balaban J connectivity index is 2.18. The topological polar surface area (TPSA) is 102 Å². The molecule has 2 aromatic heterocycles. The third-order valence-electron chi connectivity index (χ3n) is 4.54. The van der Waals surface area contributed by atoms with Crippen LogP contribution in [0.1, 0.15) is 18.1 Å². The van der Waals surface area contributed by atoms with Crippen molar-refractivity contribution in [2.75, 3.05) is 30.0 Å². The normalized spacial score (nSPS) is 17.7. The predicted molar refractivity (Wildman–Crippen MR) is 114 cm³/mol. The van der Waals surface area contributed by atoms with Crippen LogP contribution < -0.4 is 10.2 Å². The molecule has 8 nitrogen and oxygen atoms in total. The van der Waals surface area contributed by atoms with Crippen molar-refractivity contribution in [3.05, 3.63) is 47.8 Å². The third kappa shape index (κ3) is 5.37. The number of ether oxygens (including phenoxy) is 1. The van der Waals surface area contributed by atoms with Gasteiger partial charge >= 0.3 is 6.18 Å². The lowest BCUT2D eigenvalue weighted by molar-refractivity contribution is -0.0912. The van der Waals surface area contributed by atoms with E-state index in [9.17, 15) is 13.2 Å². The number of alkyl halides is 3. The fraction of sp³-hybridized carbons (Fsp3) is 0.300. The van der Waals surface area contributed by atoms with E-state index in [2.05, 4.69) is 32.1 Å². The van der Waals surface area contributed by atoms with Crippen LogP contribution in [0.2, 0.25) is 0 Å². The first-order valence-corrected chi connectivity index (χ1v) is 9.43. The highest BCUT2D eigenvalue weighted by molar-refractivity contribution is 5.92. The molecule has 0 aliphatic carbocycles. The number of pyridine rings is 1. The second-order valence-electron chi connectivity index (χ2n) is 6.73. The van der Waals surface area contributed by atoms with Crippen molar-refractivity contribution in [1.29, 1.82) is 5.41 Å². The number of aliphatic imine (C=N–C) groups is 1. The summed E-state index contributed by atoms with van der Waals surface area (Å²) in [4.78, 5) is 10.0. The van der Waals surface area contributed by atoms with Gasteiger partial charge in [0.25, 0.3) is 0 Å². The first kappa shape index (κ1) is 22.2. The molecule has 1 atom stereocenters. The molecule has 0 bridgehead atoms. The van der Waals surface area contributed by atoms with Crippen LogP contribution in [0.4, 0.5) is 30.6 Å². The number of aromatic amines is 1. The Morgan fingerprint density at radius 3 is 2.90 bits per heavy atom. The molecule has 0 aromatic carbocycles. The third-order valence-corrected chi connectivity index (χ3v) is 4.54. The van der Waals surface area contributed by atoms with Crippen LogP contribution >= 0.6 is 0 Å². The van der Waals surface area contributed by atoms with Crippen LogP contribution in [0.25, 0.3) is 6.08 Å². The number of hydrogen-bond acceptors (Lipinski definition) is 7. The fourth-order valence-corrected chi connectivity index (χ4v) is 3.07. The molecule has 0 unspecified atom stereocenters. The van der Waals surface area contributed by atoms with Crippen molar-refractivity contribution in [2.24, 2.45) is 4.99 Å². The number of hydrogen-bond donors (Lipinski definition) is 3. The number of H-pyrrole nitrogens is 1. The monoisotopic (exact) mass is 433 g/mol. The summed E-state index contributed by atoms with van der Waals surface area (Å²) in [6, 6.07) is 3.14. The average Bonchev–Trinajstić information content (AvgIpc) is 3.23. The Bertz CT molecular complexity index is 983. The maximum absolute atomic E-state index is 13.5. The number of halogens is 3. The highest BCUT2D eigenvalue weighted by Gasteiger charge is 2.34. The quantitative estimate of drug-likeness (QED) is 0.574. The molecular weight excluding hydrogens is 411 g/mol. The summed E-state index contributed by atoms with van der Waals surface area (Å²) in [5.41, 5.74) is -0.792. The van der Waals surface area contributed by atoms with E-state index in [4.69, 9.17) is 10.1 Å². The zero-order valence-corrected chi connectivity index (χ0v) is 16.8. The minimum absolute atomic E-state index is 0.0233. The molecule has 0 amide bonds. The predicted octanol–water partition coefficient (Wildman–Crippen LogP) is 3.93. The van der Waals surface area contributed by atoms with Gasteiger partial charge in [-0.1, -0.05) is 12.7 Å². The Labute approximate surface area is 177 Å². The Hall–Kier alpha value is -3.47. The van der Waals surface area contributed by atoms with E-state index in [-0.39, 0.29) is 23.0 Å². The molecular formula is C20H22F3N7O. The van der Waals surface area contributed by atoms with Gasteiger partial charge in [0.05, 0.1) is 25.5 Å². The number of rotatable bonds is 7. The molecule has 11 heteroatoms. The minimum Gasteiger partial charge on any atom is -0.377 e. The van der Waals surface area contributed by atoms with Gasteiger partial charge in [0.2, 0.25) is 0 Å². The molecule has 3 N–H and O–H groups in total. The number of nitrogens with zero attached hydrogens (tertiary/aromatic N) is 4. The van der Waals surface area contributed by atoms with Gasteiger partial charge in [-0.05, 0) is 24.6 Å². The van der Waals surface area contributed by atoms with E-state index in [0.717, 1.165) is 24.6 Å². The first-order valence-electron chi connectivity index (χ1n) is 9.43. The number of morpholine rings is 1. The smallest absolute Gasteiger partial charge is 0.377 e. The van der Waals surface area contributed by atoms with Crippen molar-refractivity contribution in [2.45, 2.75) is 19.1 Å². The summed E-state index contributed by atoms with van der Waals surface area (Å²) in [6.45, 7) is 6.79. The molecule has 0 saturated carbocycles. The maximum atomic E-state index is 13.5.